The quantitative estimate of drug-likeness (QED) is 0.452. The van der Waals surface area contributed by atoms with Crippen LogP contribution in [0.5, 0.6) is 17.2 Å². The molecule has 0 bridgehead atoms. The molecule has 2 aromatic heterocycles. The van der Waals surface area contributed by atoms with E-state index in [4.69, 9.17) is 13.9 Å². The van der Waals surface area contributed by atoms with Gasteiger partial charge in [0.1, 0.15) is 12.4 Å². The number of benzene rings is 2. The van der Waals surface area contributed by atoms with Gasteiger partial charge < -0.3 is 29.1 Å². The highest BCUT2D eigenvalue weighted by molar-refractivity contribution is 5.85. The van der Waals surface area contributed by atoms with Crippen molar-refractivity contribution in [2.45, 2.75) is 12.5 Å². The predicted molar refractivity (Wildman–Crippen MR) is 111 cm³/mol. The van der Waals surface area contributed by atoms with Crippen LogP contribution in [-0.4, -0.2) is 29.4 Å². The molecular weight excluding hydrogens is 386 g/mol. The molecule has 30 heavy (non-hydrogen) atoms. The normalized spacial score (nSPS) is 12.1. The minimum Gasteiger partial charge on any atom is -0.502 e. The summed E-state index contributed by atoms with van der Waals surface area (Å²) in [5.74, 6) is -0.202. The van der Waals surface area contributed by atoms with Crippen molar-refractivity contribution >= 4 is 10.9 Å². The first-order valence-electron chi connectivity index (χ1n) is 9.32. The van der Waals surface area contributed by atoms with E-state index in [0.29, 0.717) is 17.1 Å². The predicted octanol–water partition coefficient (Wildman–Crippen LogP) is 3.52. The number of aliphatic hydroxyl groups is 1. The lowest BCUT2D eigenvalue weighted by molar-refractivity contribution is 0.234. The average Bonchev–Trinajstić information content (AvgIpc) is 3.20. The minimum atomic E-state index is -0.703. The molecule has 1 atom stereocenters. The Morgan fingerprint density at radius 2 is 1.87 bits per heavy atom. The lowest BCUT2D eigenvalue weighted by Crippen LogP contribution is -2.12. The van der Waals surface area contributed by atoms with Crippen LogP contribution in [0, 0.1) is 0 Å². The summed E-state index contributed by atoms with van der Waals surface area (Å²) >= 11 is 0. The Bertz CT molecular complexity index is 1260. The molecule has 4 aromatic rings. The molecule has 0 aliphatic carbocycles. The molecule has 4 rings (SSSR count). The lowest BCUT2D eigenvalue weighted by Gasteiger charge is -2.21. The molecule has 7 heteroatoms. The van der Waals surface area contributed by atoms with Crippen LogP contribution in [0.15, 0.2) is 63.9 Å². The summed E-state index contributed by atoms with van der Waals surface area (Å²) < 4.78 is 16.8. The fraction of sp³-hybridized carbons (Fsp3) is 0.174. The molecule has 7 nitrogen and oxygen atoms in total. The Balaban J connectivity index is 2.08. The molecule has 3 N–H and O–H groups in total. The van der Waals surface area contributed by atoms with Crippen LogP contribution in [0.4, 0.5) is 0 Å². The van der Waals surface area contributed by atoms with E-state index in [-0.39, 0.29) is 11.5 Å². The monoisotopic (exact) mass is 407 g/mol. The number of ether oxygens (including phenoxy) is 2. The number of nitrogens with one attached hydrogen (secondary N) is 1. The summed E-state index contributed by atoms with van der Waals surface area (Å²) in [7, 11) is 3.06. The Kier molecular flexibility index (Phi) is 5.20. The number of aliphatic hydroxyl groups excluding tert-OH is 1. The van der Waals surface area contributed by atoms with E-state index in [9.17, 15) is 15.0 Å². The van der Waals surface area contributed by atoms with Gasteiger partial charge in [-0.2, -0.15) is 0 Å². The van der Waals surface area contributed by atoms with Gasteiger partial charge >= 0.3 is 0 Å². The highest BCUT2D eigenvalue weighted by atomic mass is 16.5. The van der Waals surface area contributed by atoms with Crippen LogP contribution in [0.1, 0.15) is 28.6 Å². The third-order valence-corrected chi connectivity index (χ3v) is 5.09. The number of rotatable bonds is 6. The van der Waals surface area contributed by atoms with Crippen LogP contribution in [-0.2, 0) is 6.61 Å². The fourth-order valence-corrected chi connectivity index (χ4v) is 3.75. The minimum absolute atomic E-state index is 0.0165. The molecule has 0 amide bonds. The Hall–Kier alpha value is -3.71. The number of aromatic nitrogens is 1. The summed E-state index contributed by atoms with van der Waals surface area (Å²) in [6.07, 6.45) is 1.80. The molecule has 1 unspecified atom stereocenters. The van der Waals surface area contributed by atoms with E-state index >= 15 is 0 Å². The van der Waals surface area contributed by atoms with Crippen molar-refractivity contribution in [1.82, 2.24) is 4.98 Å². The van der Waals surface area contributed by atoms with Crippen LogP contribution >= 0.6 is 0 Å². The molecule has 154 valence electrons. The van der Waals surface area contributed by atoms with Crippen molar-refractivity contribution in [3.05, 3.63) is 87.6 Å². The maximum atomic E-state index is 12.4. The van der Waals surface area contributed by atoms with Gasteiger partial charge in [-0.1, -0.05) is 30.3 Å². The lowest BCUT2D eigenvalue weighted by atomic mass is 9.87. The van der Waals surface area contributed by atoms with Gasteiger partial charge in [-0.3, -0.25) is 4.79 Å². The van der Waals surface area contributed by atoms with Crippen LogP contribution in [0.25, 0.3) is 10.9 Å². The van der Waals surface area contributed by atoms with Gasteiger partial charge in [0.25, 0.3) is 0 Å². The van der Waals surface area contributed by atoms with E-state index in [0.717, 1.165) is 22.5 Å². The molecular formula is C23H21NO6. The third-order valence-electron chi connectivity index (χ3n) is 5.09. The zero-order valence-electron chi connectivity index (χ0n) is 16.5. The van der Waals surface area contributed by atoms with Crippen LogP contribution in [0.2, 0.25) is 0 Å². The summed E-state index contributed by atoms with van der Waals surface area (Å²) in [6.45, 7) is -0.474. The average molecular weight is 407 g/mol. The standard InChI is InChI=1S/C23H21NO6/c1-28-19-9-5-7-15(22(19)29-2)20(16-11-24-17-8-4-3-6-14(16)17)23-21(27)18(26)10-13(12-25)30-23/h3-11,20,24-25,27H,12H2,1-2H3. The summed E-state index contributed by atoms with van der Waals surface area (Å²) in [4.78, 5) is 15.6. The highest BCUT2D eigenvalue weighted by Crippen LogP contribution is 2.45. The van der Waals surface area contributed by atoms with Crippen molar-refractivity contribution in [2.24, 2.45) is 0 Å². The molecule has 0 radical (unpaired) electrons. The first-order valence-corrected chi connectivity index (χ1v) is 9.32. The zero-order chi connectivity index (χ0) is 21.3. The number of H-pyrrole nitrogens is 1. The Labute approximate surface area is 172 Å². The van der Waals surface area contributed by atoms with Gasteiger partial charge in [-0.05, 0) is 17.7 Å². The molecule has 0 spiro atoms. The Morgan fingerprint density at radius 3 is 2.60 bits per heavy atom. The van der Waals surface area contributed by atoms with Gasteiger partial charge in [0, 0.05) is 28.7 Å². The molecule has 2 heterocycles. The maximum absolute atomic E-state index is 12.4. The smallest absolute Gasteiger partial charge is 0.227 e. The van der Waals surface area contributed by atoms with Crippen LogP contribution < -0.4 is 14.9 Å². The van der Waals surface area contributed by atoms with Gasteiger partial charge in [-0.25, -0.2) is 0 Å². The van der Waals surface area contributed by atoms with Gasteiger partial charge in [-0.15, -0.1) is 0 Å². The molecule has 0 saturated carbocycles. The number of hydrogen-bond acceptors (Lipinski definition) is 6. The van der Waals surface area contributed by atoms with Crippen molar-refractivity contribution in [2.75, 3.05) is 14.2 Å². The van der Waals surface area contributed by atoms with Crippen LogP contribution in [0.3, 0.4) is 0 Å². The summed E-state index contributed by atoms with van der Waals surface area (Å²) in [5, 5.41) is 21.1. The fourth-order valence-electron chi connectivity index (χ4n) is 3.75. The second kappa shape index (κ2) is 7.96. The highest BCUT2D eigenvalue weighted by Gasteiger charge is 2.30. The van der Waals surface area contributed by atoms with Crippen molar-refractivity contribution in [1.29, 1.82) is 0 Å². The SMILES string of the molecule is COc1cccc(C(c2oc(CO)cc(=O)c2O)c2c[nH]c3ccccc23)c1OC. The number of para-hydroxylation sites is 2. The van der Waals surface area contributed by atoms with Crippen molar-refractivity contribution in [3.8, 4) is 17.2 Å². The van der Waals surface area contributed by atoms with E-state index in [1.807, 2.05) is 30.3 Å². The van der Waals surface area contributed by atoms with Gasteiger partial charge in [0.2, 0.25) is 11.2 Å². The molecule has 0 fully saturated rings. The third kappa shape index (κ3) is 3.19. The molecule has 0 aliphatic rings. The summed E-state index contributed by atoms with van der Waals surface area (Å²) in [5.41, 5.74) is 1.66. The van der Waals surface area contributed by atoms with Gasteiger partial charge in [0.15, 0.2) is 17.3 Å². The molecule has 0 saturated heterocycles. The number of hydrogen-bond donors (Lipinski definition) is 3. The second-order valence-corrected chi connectivity index (χ2v) is 6.75. The first kappa shape index (κ1) is 19.6. The summed E-state index contributed by atoms with van der Waals surface area (Å²) in [6, 6.07) is 14.1. The molecule has 2 aromatic carbocycles. The first-order chi connectivity index (χ1) is 14.6. The van der Waals surface area contributed by atoms with Gasteiger partial charge in [0.05, 0.1) is 20.1 Å². The van der Waals surface area contributed by atoms with Crippen molar-refractivity contribution < 1.29 is 24.1 Å². The van der Waals surface area contributed by atoms with E-state index in [1.165, 1.54) is 14.2 Å². The number of aromatic hydroxyl groups is 1. The van der Waals surface area contributed by atoms with Crippen molar-refractivity contribution in [3.63, 3.8) is 0 Å². The number of aromatic amines is 1. The Morgan fingerprint density at radius 1 is 1.07 bits per heavy atom. The zero-order valence-corrected chi connectivity index (χ0v) is 16.5. The van der Waals surface area contributed by atoms with E-state index in [1.54, 1.807) is 18.3 Å². The molecule has 0 aliphatic heterocycles. The van der Waals surface area contributed by atoms with E-state index in [2.05, 4.69) is 4.98 Å². The number of methoxy groups -OCH3 is 2. The largest absolute Gasteiger partial charge is 0.502 e. The van der Waals surface area contributed by atoms with E-state index < -0.39 is 23.7 Å². The topological polar surface area (TPSA) is 105 Å². The second-order valence-electron chi connectivity index (χ2n) is 6.75. The maximum Gasteiger partial charge on any atom is 0.227 e. The number of fused-ring (bicyclic) bond motifs is 1.